The Morgan fingerprint density at radius 1 is 1.53 bits per heavy atom. The van der Waals surface area contributed by atoms with Crippen LogP contribution in [-0.4, -0.2) is 34.6 Å². The molecule has 0 fully saturated rings. The quantitative estimate of drug-likeness (QED) is 0.681. The first kappa shape index (κ1) is 13.8. The molecule has 3 N–H and O–H groups in total. The number of aliphatic hydroxyl groups excluding tert-OH is 1. The molecule has 104 valence electrons. The number of aryl methyl sites for hydroxylation is 1. The van der Waals surface area contributed by atoms with Crippen LogP contribution in [0.4, 0.5) is 0 Å². The van der Waals surface area contributed by atoms with E-state index in [1.54, 1.807) is 6.20 Å². The summed E-state index contributed by atoms with van der Waals surface area (Å²) in [5.41, 5.74) is 0.462. The Hall–Kier alpha value is -1.64. The number of H-pyrrole nitrogens is 1. The Balaban J connectivity index is 1.96. The van der Waals surface area contributed by atoms with Crippen molar-refractivity contribution >= 4 is 10.0 Å². The fourth-order valence-electron chi connectivity index (χ4n) is 1.68. The van der Waals surface area contributed by atoms with Gasteiger partial charge in [-0.15, -0.1) is 0 Å². The maximum absolute atomic E-state index is 11.9. The summed E-state index contributed by atoms with van der Waals surface area (Å²) in [4.78, 5) is 6.93. The van der Waals surface area contributed by atoms with Crippen molar-refractivity contribution in [2.24, 2.45) is 7.05 Å². The fraction of sp³-hybridized carbons (Fsp3) is 0.364. The van der Waals surface area contributed by atoms with Gasteiger partial charge in [-0.3, -0.25) is 0 Å². The van der Waals surface area contributed by atoms with Crippen LogP contribution in [-0.2, 0) is 30.1 Å². The lowest BCUT2D eigenvalue weighted by molar-refractivity contribution is 0.277. The summed E-state index contributed by atoms with van der Waals surface area (Å²) in [6.07, 6.45) is 5.35. The van der Waals surface area contributed by atoms with Crippen molar-refractivity contribution in [2.45, 2.75) is 17.9 Å². The molecule has 19 heavy (non-hydrogen) atoms. The van der Waals surface area contributed by atoms with Crippen molar-refractivity contribution in [1.82, 2.24) is 19.3 Å². The molecule has 0 saturated heterocycles. The number of imidazole rings is 1. The van der Waals surface area contributed by atoms with E-state index < -0.39 is 10.0 Å². The SMILES string of the molecule is Cn1ccnc1CCNS(=O)(=O)c1c[nH]c(CO)c1. The van der Waals surface area contributed by atoms with Crippen LogP contribution in [0.15, 0.2) is 29.6 Å². The first-order valence-electron chi connectivity index (χ1n) is 5.77. The summed E-state index contributed by atoms with van der Waals surface area (Å²) >= 11 is 0. The molecular formula is C11H16N4O3S. The van der Waals surface area contributed by atoms with Gasteiger partial charge in [0.05, 0.1) is 11.5 Å². The fourth-order valence-corrected chi connectivity index (χ4v) is 2.73. The lowest BCUT2D eigenvalue weighted by Gasteiger charge is -2.05. The Labute approximate surface area is 111 Å². The van der Waals surface area contributed by atoms with E-state index in [1.807, 2.05) is 17.8 Å². The van der Waals surface area contributed by atoms with Crippen molar-refractivity contribution in [3.8, 4) is 0 Å². The number of hydrogen-bond donors (Lipinski definition) is 3. The number of aromatic amines is 1. The van der Waals surface area contributed by atoms with Crippen LogP contribution in [0.25, 0.3) is 0 Å². The van der Waals surface area contributed by atoms with Crippen LogP contribution in [0.3, 0.4) is 0 Å². The van der Waals surface area contributed by atoms with E-state index in [0.717, 1.165) is 5.82 Å². The molecule has 2 heterocycles. The molecule has 0 aromatic carbocycles. The molecule has 7 nitrogen and oxygen atoms in total. The lowest BCUT2D eigenvalue weighted by Crippen LogP contribution is -2.26. The van der Waals surface area contributed by atoms with Gasteiger partial charge in [-0.05, 0) is 6.07 Å². The molecule has 0 aliphatic carbocycles. The normalized spacial score (nSPS) is 11.9. The number of hydrogen-bond acceptors (Lipinski definition) is 4. The minimum Gasteiger partial charge on any atom is -0.390 e. The molecule has 0 saturated carbocycles. The van der Waals surface area contributed by atoms with Gasteiger partial charge in [-0.25, -0.2) is 18.1 Å². The van der Waals surface area contributed by atoms with E-state index in [4.69, 9.17) is 5.11 Å². The Kier molecular flexibility index (Phi) is 4.03. The molecular weight excluding hydrogens is 268 g/mol. The van der Waals surface area contributed by atoms with E-state index in [2.05, 4.69) is 14.7 Å². The summed E-state index contributed by atoms with van der Waals surface area (Å²) in [7, 11) is -1.69. The zero-order chi connectivity index (χ0) is 13.9. The second-order valence-electron chi connectivity index (χ2n) is 4.12. The van der Waals surface area contributed by atoms with Gasteiger partial charge in [-0.2, -0.15) is 0 Å². The number of aromatic nitrogens is 3. The van der Waals surface area contributed by atoms with Crippen molar-refractivity contribution in [1.29, 1.82) is 0 Å². The molecule has 2 aromatic heterocycles. The number of nitrogens with one attached hydrogen (secondary N) is 2. The zero-order valence-electron chi connectivity index (χ0n) is 10.5. The number of sulfonamides is 1. The number of nitrogens with zero attached hydrogens (tertiary/aromatic N) is 2. The van der Waals surface area contributed by atoms with Gasteiger partial charge in [0.15, 0.2) is 0 Å². The largest absolute Gasteiger partial charge is 0.390 e. The minimum absolute atomic E-state index is 0.122. The van der Waals surface area contributed by atoms with E-state index in [9.17, 15) is 8.42 Å². The Morgan fingerprint density at radius 2 is 2.32 bits per heavy atom. The standard InChI is InChI=1S/C11H16N4O3S/c1-15-5-4-12-11(15)2-3-14-19(17,18)10-6-9(8-16)13-7-10/h4-7,13-14,16H,2-3,8H2,1H3. The van der Waals surface area contributed by atoms with Crippen LogP contribution in [0, 0.1) is 0 Å². The van der Waals surface area contributed by atoms with Crippen LogP contribution < -0.4 is 4.72 Å². The molecule has 0 atom stereocenters. The van der Waals surface area contributed by atoms with Crippen molar-refractivity contribution in [3.05, 3.63) is 36.2 Å². The predicted molar refractivity (Wildman–Crippen MR) is 68.8 cm³/mol. The first-order chi connectivity index (χ1) is 9.03. The zero-order valence-corrected chi connectivity index (χ0v) is 11.3. The van der Waals surface area contributed by atoms with Crippen LogP contribution >= 0.6 is 0 Å². The second-order valence-corrected chi connectivity index (χ2v) is 5.89. The lowest BCUT2D eigenvalue weighted by atomic mass is 10.4. The monoisotopic (exact) mass is 284 g/mol. The highest BCUT2D eigenvalue weighted by atomic mass is 32.2. The van der Waals surface area contributed by atoms with Gasteiger partial charge in [-0.1, -0.05) is 0 Å². The minimum atomic E-state index is -3.55. The summed E-state index contributed by atoms with van der Waals surface area (Å²) < 4.78 is 28.2. The molecule has 2 rings (SSSR count). The number of aliphatic hydroxyl groups is 1. The van der Waals surface area contributed by atoms with E-state index in [1.165, 1.54) is 12.3 Å². The van der Waals surface area contributed by atoms with Crippen molar-refractivity contribution in [3.63, 3.8) is 0 Å². The molecule has 0 spiro atoms. The van der Waals surface area contributed by atoms with Gasteiger partial charge in [0.1, 0.15) is 5.82 Å². The highest BCUT2D eigenvalue weighted by Gasteiger charge is 2.15. The van der Waals surface area contributed by atoms with Gasteiger partial charge in [0.25, 0.3) is 0 Å². The average Bonchev–Trinajstić information content (AvgIpc) is 2.99. The van der Waals surface area contributed by atoms with Crippen molar-refractivity contribution < 1.29 is 13.5 Å². The van der Waals surface area contributed by atoms with Crippen LogP contribution in [0.1, 0.15) is 11.5 Å². The Morgan fingerprint density at radius 3 is 2.89 bits per heavy atom. The van der Waals surface area contributed by atoms with E-state index >= 15 is 0 Å². The van der Waals surface area contributed by atoms with Gasteiger partial charge in [0.2, 0.25) is 10.0 Å². The summed E-state index contributed by atoms with van der Waals surface area (Å²) in [5.74, 6) is 0.813. The molecule has 8 heteroatoms. The maximum Gasteiger partial charge on any atom is 0.242 e. The van der Waals surface area contributed by atoms with Gasteiger partial charge >= 0.3 is 0 Å². The first-order valence-corrected chi connectivity index (χ1v) is 7.25. The van der Waals surface area contributed by atoms with Gasteiger partial charge < -0.3 is 14.7 Å². The summed E-state index contributed by atoms with van der Waals surface area (Å²) in [5, 5.41) is 8.89. The van der Waals surface area contributed by atoms with E-state index in [-0.39, 0.29) is 18.0 Å². The molecule has 0 bridgehead atoms. The van der Waals surface area contributed by atoms with E-state index in [0.29, 0.717) is 12.1 Å². The molecule has 0 unspecified atom stereocenters. The van der Waals surface area contributed by atoms with Crippen molar-refractivity contribution in [2.75, 3.05) is 6.54 Å². The van der Waals surface area contributed by atoms with Crippen LogP contribution in [0.5, 0.6) is 0 Å². The Bertz CT molecular complexity index is 644. The third-order valence-electron chi connectivity index (χ3n) is 2.76. The second kappa shape index (κ2) is 5.55. The summed E-state index contributed by atoms with van der Waals surface area (Å²) in [6.45, 7) is 0.0512. The average molecular weight is 284 g/mol. The smallest absolute Gasteiger partial charge is 0.242 e. The third-order valence-corrected chi connectivity index (χ3v) is 4.20. The maximum atomic E-state index is 11.9. The molecule has 0 amide bonds. The molecule has 0 aliphatic rings. The molecule has 2 aromatic rings. The number of rotatable bonds is 6. The topological polar surface area (TPSA) is 100 Å². The van der Waals surface area contributed by atoms with Crippen LogP contribution in [0.2, 0.25) is 0 Å². The highest BCUT2D eigenvalue weighted by Crippen LogP contribution is 2.10. The molecule has 0 aliphatic heterocycles. The predicted octanol–water partition coefficient (Wildman–Crippen LogP) is -0.239. The summed E-state index contributed by atoms with van der Waals surface area (Å²) in [6, 6.07) is 1.41. The molecule has 0 radical (unpaired) electrons. The third kappa shape index (κ3) is 3.22. The highest BCUT2D eigenvalue weighted by molar-refractivity contribution is 7.89. The van der Waals surface area contributed by atoms with Gasteiger partial charge in [0, 0.05) is 44.3 Å².